The van der Waals surface area contributed by atoms with Crippen molar-refractivity contribution < 1.29 is 0 Å². The molecule has 0 aliphatic heterocycles. The second-order valence-electron chi connectivity index (χ2n) is 2.34. The molecule has 0 bridgehead atoms. The van der Waals surface area contributed by atoms with Crippen LogP contribution in [0.5, 0.6) is 0 Å². The zero-order chi connectivity index (χ0) is 8.41. The summed E-state index contributed by atoms with van der Waals surface area (Å²) in [6.07, 6.45) is 5.31. The van der Waals surface area contributed by atoms with E-state index in [9.17, 15) is 0 Å². The van der Waals surface area contributed by atoms with E-state index in [4.69, 9.17) is 0 Å². The number of thiol groups is 1. The maximum atomic E-state index is 4.27. The van der Waals surface area contributed by atoms with Gasteiger partial charge in [0, 0.05) is 0 Å². The molecule has 0 aliphatic carbocycles. The monoisotopic (exact) mass is 162 g/mol. The van der Waals surface area contributed by atoms with Crippen LogP contribution in [-0.4, -0.2) is 5.25 Å². The van der Waals surface area contributed by atoms with E-state index in [0.29, 0.717) is 5.25 Å². The van der Waals surface area contributed by atoms with Gasteiger partial charge in [-0.05, 0) is 11.7 Å². The van der Waals surface area contributed by atoms with Gasteiger partial charge < -0.3 is 0 Å². The van der Waals surface area contributed by atoms with E-state index in [2.05, 4.69) is 26.5 Å². The van der Waals surface area contributed by atoms with Gasteiger partial charge in [0.05, 0.1) is 0 Å². The first-order valence-electron chi connectivity index (χ1n) is 4.45. The third-order valence-corrected chi connectivity index (χ3v) is 1.48. The van der Waals surface area contributed by atoms with Crippen LogP contribution in [0.4, 0.5) is 0 Å². The lowest BCUT2D eigenvalue weighted by Gasteiger charge is -1.99. The lowest BCUT2D eigenvalue weighted by atomic mass is 10.2. The highest BCUT2D eigenvalue weighted by Crippen LogP contribution is 2.06. The van der Waals surface area contributed by atoms with Crippen LogP contribution < -0.4 is 0 Å². The molecule has 0 aromatic heterocycles. The van der Waals surface area contributed by atoms with Crippen molar-refractivity contribution in [2.24, 2.45) is 0 Å². The van der Waals surface area contributed by atoms with E-state index >= 15 is 0 Å². The fourth-order valence-electron chi connectivity index (χ4n) is 0.690. The first-order valence-corrected chi connectivity index (χ1v) is 4.97. The molecule has 0 radical (unpaired) electrons. The molecule has 10 heavy (non-hydrogen) atoms. The Morgan fingerprint density at radius 1 is 1.20 bits per heavy atom. The maximum absolute atomic E-state index is 4.27. The van der Waals surface area contributed by atoms with Gasteiger partial charge in [-0.3, -0.25) is 0 Å². The van der Waals surface area contributed by atoms with Crippen LogP contribution in [-0.2, 0) is 0 Å². The SMILES string of the molecule is CC.CCCCCC(C)S. The third kappa shape index (κ3) is 15.8. The fraction of sp³-hybridized carbons (Fsp3) is 1.00. The summed E-state index contributed by atoms with van der Waals surface area (Å²) in [5, 5.41) is 0.599. The summed E-state index contributed by atoms with van der Waals surface area (Å²) in [6, 6.07) is 0. The standard InChI is InChI=1S/C7H16S.C2H6/c1-3-4-5-6-7(2)8;1-2/h7-8H,3-6H2,1-2H3;1-2H3. The molecule has 64 valence electrons. The molecule has 1 unspecified atom stereocenters. The number of unbranched alkanes of at least 4 members (excludes halogenated alkanes) is 2. The molecule has 0 nitrogen and oxygen atoms in total. The Bertz CT molecular complexity index is 42.0. The van der Waals surface area contributed by atoms with E-state index in [1.54, 1.807) is 0 Å². The Labute approximate surface area is 71.8 Å². The van der Waals surface area contributed by atoms with E-state index in [1.807, 2.05) is 13.8 Å². The van der Waals surface area contributed by atoms with Crippen LogP contribution in [0.25, 0.3) is 0 Å². The lowest BCUT2D eigenvalue weighted by Crippen LogP contribution is -1.88. The summed E-state index contributed by atoms with van der Waals surface area (Å²) in [7, 11) is 0. The molecule has 1 atom stereocenters. The molecular formula is C9H22S. The third-order valence-electron chi connectivity index (χ3n) is 1.23. The summed E-state index contributed by atoms with van der Waals surface area (Å²) in [5.41, 5.74) is 0. The van der Waals surface area contributed by atoms with Crippen molar-refractivity contribution in [3.63, 3.8) is 0 Å². The summed E-state index contributed by atoms with van der Waals surface area (Å²) in [5.74, 6) is 0. The van der Waals surface area contributed by atoms with Crippen molar-refractivity contribution in [3.05, 3.63) is 0 Å². The van der Waals surface area contributed by atoms with Crippen LogP contribution in [0, 0.1) is 0 Å². The number of hydrogen-bond acceptors (Lipinski definition) is 1. The molecular weight excluding hydrogens is 140 g/mol. The Morgan fingerprint density at radius 3 is 2.00 bits per heavy atom. The second kappa shape index (κ2) is 12.1. The average Bonchev–Trinajstić information content (AvgIpc) is 1.92. The van der Waals surface area contributed by atoms with Gasteiger partial charge in [0.2, 0.25) is 0 Å². The summed E-state index contributed by atoms with van der Waals surface area (Å²) in [6.45, 7) is 8.38. The minimum absolute atomic E-state index is 0.599. The van der Waals surface area contributed by atoms with E-state index in [-0.39, 0.29) is 0 Å². The van der Waals surface area contributed by atoms with Gasteiger partial charge in [-0.2, -0.15) is 12.6 Å². The van der Waals surface area contributed by atoms with Crippen molar-refractivity contribution in [2.45, 2.75) is 58.6 Å². The van der Waals surface area contributed by atoms with E-state index in [0.717, 1.165) is 0 Å². The van der Waals surface area contributed by atoms with Crippen molar-refractivity contribution in [2.75, 3.05) is 0 Å². The smallest absolute Gasteiger partial charge is 0.00116 e. The molecule has 0 spiro atoms. The van der Waals surface area contributed by atoms with Crippen LogP contribution in [0.15, 0.2) is 0 Å². The number of hydrogen-bond donors (Lipinski definition) is 1. The Kier molecular flexibility index (Phi) is 15.7. The molecule has 0 aliphatic rings. The normalized spacial score (nSPS) is 11.7. The van der Waals surface area contributed by atoms with Gasteiger partial charge in [-0.25, -0.2) is 0 Å². The Morgan fingerprint density at radius 2 is 1.70 bits per heavy atom. The zero-order valence-electron chi connectivity index (χ0n) is 7.85. The van der Waals surface area contributed by atoms with Crippen molar-refractivity contribution in [3.8, 4) is 0 Å². The highest BCUT2D eigenvalue weighted by atomic mass is 32.1. The van der Waals surface area contributed by atoms with Gasteiger partial charge in [-0.15, -0.1) is 0 Å². The van der Waals surface area contributed by atoms with Crippen LogP contribution >= 0.6 is 12.6 Å². The first kappa shape index (κ1) is 13.0. The molecule has 0 saturated heterocycles. The highest BCUT2D eigenvalue weighted by Gasteiger charge is 1.91. The average molecular weight is 162 g/mol. The van der Waals surface area contributed by atoms with Gasteiger partial charge in [0.15, 0.2) is 0 Å². The first-order chi connectivity index (χ1) is 4.77. The molecule has 0 N–H and O–H groups in total. The Balaban J connectivity index is 0. The quantitative estimate of drug-likeness (QED) is 0.470. The lowest BCUT2D eigenvalue weighted by molar-refractivity contribution is 0.666. The van der Waals surface area contributed by atoms with Gasteiger partial charge in [0.1, 0.15) is 0 Å². The predicted octanol–water partition coefficient (Wildman–Crippen LogP) is 3.91. The molecule has 0 aromatic carbocycles. The molecule has 0 fully saturated rings. The molecule has 1 heteroatoms. The summed E-state index contributed by atoms with van der Waals surface area (Å²) < 4.78 is 0. The predicted molar refractivity (Wildman–Crippen MR) is 53.9 cm³/mol. The Hall–Kier alpha value is 0.350. The zero-order valence-corrected chi connectivity index (χ0v) is 8.75. The summed E-state index contributed by atoms with van der Waals surface area (Å²) in [4.78, 5) is 0. The van der Waals surface area contributed by atoms with Gasteiger partial charge in [0.25, 0.3) is 0 Å². The topological polar surface area (TPSA) is 0 Å². The van der Waals surface area contributed by atoms with Crippen LogP contribution in [0.1, 0.15) is 53.4 Å². The second-order valence-corrected chi connectivity index (χ2v) is 3.23. The largest absolute Gasteiger partial charge is 0.176 e. The molecule has 0 saturated carbocycles. The maximum Gasteiger partial charge on any atom is -0.00116 e. The van der Waals surface area contributed by atoms with Crippen molar-refractivity contribution in [1.29, 1.82) is 0 Å². The van der Waals surface area contributed by atoms with E-state index in [1.165, 1.54) is 25.7 Å². The van der Waals surface area contributed by atoms with Crippen molar-refractivity contribution >= 4 is 12.6 Å². The number of rotatable bonds is 4. The highest BCUT2D eigenvalue weighted by molar-refractivity contribution is 7.80. The minimum Gasteiger partial charge on any atom is -0.176 e. The molecule has 0 rings (SSSR count). The fourth-order valence-corrected chi connectivity index (χ4v) is 0.872. The molecule has 0 heterocycles. The van der Waals surface area contributed by atoms with E-state index < -0.39 is 0 Å². The molecule has 0 amide bonds. The van der Waals surface area contributed by atoms with Gasteiger partial charge in [-0.1, -0.05) is 47.0 Å². The van der Waals surface area contributed by atoms with Crippen LogP contribution in [0.2, 0.25) is 0 Å². The summed E-state index contributed by atoms with van der Waals surface area (Å²) >= 11 is 4.27. The van der Waals surface area contributed by atoms with Gasteiger partial charge >= 0.3 is 0 Å². The van der Waals surface area contributed by atoms with Crippen LogP contribution in [0.3, 0.4) is 0 Å². The van der Waals surface area contributed by atoms with Crippen molar-refractivity contribution in [1.82, 2.24) is 0 Å². The minimum atomic E-state index is 0.599. The molecule has 0 aromatic rings.